The number of phosphoric ester groups is 1. The number of aliphatic hydroxyl groups excluding tert-OH is 11. The van der Waals surface area contributed by atoms with Gasteiger partial charge in [0.15, 0.2) is 18.7 Å². The summed E-state index contributed by atoms with van der Waals surface area (Å²) >= 11 is 0. The molecule has 17 atom stereocenters. The summed E-state index contributed by atoms with van der Waals surface area (Å²) in [7, 11) is -5.63. The van der Waals surface area contributed by atoms with Gasteiger partial charge in [-0.05, 0) is 18.8 Å². The topological polar surface area (TPSA) is 368 Å². The third kappa shape index (κ3) is 26.1. The van der Waals surface area contributed by atoms with Gasteiger partial charge in [-0.25, -0.2) is 4.57 Å². The van der Waals surface area contributed by atoms with E-state index in [1.165, 1.54) is 89.9 Å². The van der Waals surface area contributed by atoms with E-state index in [1.807, 2.05) is 0 Å². The van der Waals surface area contributed by atoms with Crippen LogP contribution < -0.4 is 0 Å². The van der Waals surface area contributed by atoms with Gasteiger partial charge in [-0.3, -0.25) is 18.6 Å². The molecule has 0 bridgehead atoms. The van der Waals surface area contributed by atoms with Gasteiger partial charge in [0.2, 0.25) is 0 Å². The molecule has 17 unspecified atom stereocenters. The number of aliphatic hydroxyl groups is 11. The molecular weight excluding hydrogens is 1060 g/mol. The molecule has 0 aromatic carbocycles. The normalized spacial score (nSPS) is 31.8. The van der Waals surface area contributed by atoms with Gasteiger partial charge in [0.25, 0.3) is 0 Å². The Bertz CT molecular complexity index is 1600. The minimum atomic E-state index is -5.63. The highest BCUT2D eigenvalue weighted by Crippen LogP contribution is 2.49. The Morgan fingerprint density at radius 2 is 0.835 bits per heavy atom. The van der Waals surface area contributed by atoms with Crippen LogP contribution in [-0.2, 0) is 51.6 Å². The average molecular weight is 1160 g/mol. The molecule has 0 radical (unpaired) electrons. The monoisotopic (exact) mass is 1160 g/mol. The Morgan fingerprint density at radius 1 is 0.468 bits per heavy atom. The van der Waals surface area contributed by atoms with Crippen LogP contribution in [0.1, 0.15) is 201 Å². The molecule has 3 rings (SSSR count). The molecule has 2 heterocycles. The van der Waals surface area contributed by atoms with Crippen molar-refractivity contribution in [2.24, 2.45) is 5.92 Å². The van der Waals surface area contributed by atoms with Crippen molar-refractivity contribution in [3.8, 4) is 0 Å². The van der Waals surface area contributed by atoms with E-state index in [0.717, 1.165) is 64.2 Å². The molecule has 0 spiro atoms. The summed E-state index contributed by atoms with van der Waals surface area (Å²) in [6.07, 6.45) is -6.18. The van der Waals surface area contributed by atoms with E-state index < -0.39 is 150 Å². The summed E-state index contributed by atoms with van der Waals surface area (Å²) in [5.74, 6) is -0.620. The first-order valence-corrected chi connectivity index (χ1v) is 31.3. The first-order valence-electron chi connectivity index (χ1n) is 29.8. The molecule has 3 aliphatic rings. The standard InChI is InChI=1S/C55H103O23P/c1-4-6-8-10-12-13-14-15-16-17-23-27-31-41(59)73-37(34-71-40(58)30-26-22-19-18-21-25-29-36(3)28-24-20-11-9-7-5-2)35-72-79(69,70)78-53-51(76-54-49(67)44(62)42(60)38(32-56)74-54)47(65)46(64)48(66)52(53)77-55-50(68)45(63)43(61)39(33-57)75-55/h36-39,42-57,60-68H,4-35H2,1-3H3,(H,69,70). The maximum absolute atomic E-state index is 14.0. The third-order valence-corrected chi connectivity index (χ3v) is 16.3. The number of carbonyl (C=O) groups is 2. The molecule has 0 aromatic heterocycles. The Labute approximate surface area is 468 Å². The summed E-state index contributed by atoms with van der Waals surface area (Å²) in [5, 5.41) is 117. The van der Waals surface area contributed by atoms with Gasteiger partial charge in [-0.2, -0.15) is 0 Å². The summed E-state index contributed by atoms with van der Waals surface area (Å²) in [5.41, 5.74) is 0. The van der Waals surface area contributed by atoms with Crippen molar-refractivity contribution in [1.82, 2.24) is 0 Å². The highest BCUT2D eigenvalue weighted by atomic mass is 31.2. The van der Waals surface area contributed by atoms with Crippen molar-refractivity contribution in [2.75, 3.05) is 26.4 Å². The first-order chi connectivity index (χ1) is 37.8. The number of rotatable bonds is 43. The lowest BCUT2D eigenvalue weighted by Crippen LogP contribution is -2.69. The molecule has 466 valence electrons. The Balaban J connectivity index is 1.71. The molecule has 24 heteroatoms. The van der Waals surface area contributed by atoms with Gasteiger partial charge in [-0.1, -0.05) is 175 Å². The molecule has 3 fully saturated rings. The van der Waals surface area contributed by atoms with Crippen molar-refractivity contribution in [3.05, 3.63) is 0 Å². The molecule has 12 N–H and O–H groups in total. The lowest BCUT2D eigenvalue weighted by molar-refractivity contribution is -0.360. The zero-order valence-electron chi connectivity index (χ0n) is 47.3. The van der Waals surface area contributed by atoms with Gasteiger partial charge in [0.05, 0.1) is 19.8 Å². The van der Waals surface area contributed by atoms with Gasteiger partial charge < -0.3 is 89.5 Å². The van der Waals surface area contributed by atoms with Crippen LogP contribution in [-0.4, -0.2) is 204 Å². The summed E-state index contributed by atoms with van der Waals surface area (Å²) < 4.78 is 58.1. The van der Waals surface area contributed by atoms with Crippen molar-refractivity contribution in [3.63, 3.8) is 0 Å². The van der Waals surface area contributed by atoms with Crippen LogP contribution >= 0.6 is 7.82 Å². The maximum atomic E-state index is 14.0. The van der Waals surface area contributed by atoms with Crippen molar-refractivity contribution in [2.45, 2.75) is 305 Å². The SMILES string of the molecule is CCCCCCCCCCCCCCC(=O)OC(COC(=O)CCCCCCCCC(C)CCCCCCCC)COP(=O)(O)OC1C(OC2OC(CO)C(O)C(O)C2O)C(O)C(O)C(O)C1OC1OC(CO)C(O)C(O)C1O. The molecular formula is C55H103O23P. The quantitative estimate of drug-likeness (QED) is 0.0233. The van der Waals surface area contributed by atoms with E-state index in [4.69, 9.17) is 37.5 Å². The van der Waals surface area contributed by atoms with Gasteiger partial charge >= 0.3 is 19.8 Å². The Kier molecular flexibility index (Phi) is 36.2. The van der Waals surface area contributed by atoms with Crippen LogP contribution in [0.3, 0.4) is 0 Å². The van der Waals surface area contributed by atoms with E-state index in [2.05, 4.69) is 20.8 Å². The highest BCUT2D eigenvalue weighted by molar-refractivity contribution is 7.47. The predicted octanol–water partition coefficient (Wildman–Crippen LogP) is 4.01. The van der Waals surface area contributed by atoms with Crippen molar-refractivity contribution >= 4 is 19.8 Å². The Hall–Kier alpha value is -1.55. The zero-order chi connectivity index (χ0) is 58.3. The first kappa shape index (κ1) is 71.7. The van der Waals surface area contributed by atoms with E-state index in [1.54, 1.807) is 0 Å². The van der Waals surface area contributed by atoms with Crippen LogP contribution in [0, 0.1) is 5.92 Å². The molecule has 23 nitrogen and oxygen atoms in total. The van der Waals surface area contributed by atoms with E-state index >= 15 is 0 Å². The number of hydrogen-bond acceptors (Lipinski definition) is 22. The number of ether oxygens (including phenoxy) is 6. The fourth-order valence-electron chi connectivity index (χ4n) is 10.2. The smallest absolute Gasteiger partial charge is 0.462 e. The summed E-state index contributed by atoms with van der Waals surface area (Å²) in [6, 6.07) is 0. The minimum absolute atomic E-state index is 0.0265. The molecule has 2 saturated heterocycles. The number of carbonyl (C=O) groups excluding carboxylic acids is 2. The second-order valence-electron chi connectivity index (χ2n) is 22.2. The number of esters is 2. The number of phosphoric acid groups is 1. The zero-order valence-corrected chi connectivity index (χ0v) is 48.2. The van der Waals surface area contributed by atoms with E-state index in [0.29, 0.717) is 18.8 Å². The molecule has 0 aromatic rings. The van der Waals surface area contributed by atoms with Gasteiger partial charge in [-0.15, -0.1) is 0 Å². The van der Waals surface area contributed by atoms with E-state index in [9.17, 15) is 75.2 Å². The number of unbranched alkanes of at least 4 members (excludes halogenated alkanes) is 21. The number of hydrogen-bond donors (Lipinski definition) is 12. The average Bonchev–Trinajstić information content (AvgIpc) is 3.44. The van der Waals surface area contributed by atoms with Crippen LogP contribution in [0.5, 0.6) is 0 Å². The maximum Gasteiger partial charge on any atom is 0.472 e. The van der Waals surface area contributed by atoms with Crippen molar-refractivity contribution < 1.29 is 113 Å². The third-order valence-electron chi connectivity index (χ3n) is 15.3. The molecule has 79 heavy (non-hydrogen) atoms. The highest BCUT2D eigenvalue weighted by Gasteiger charge is 2.58. The fraction of sp³-hybridized carbons (Fsp3) is 0.964. The van der Waals surface area contributed by atoms with E-state index in [-0.39, 0.29) is 12.8 Å². The predicted molar refractivity (Wildman–Crippen MR) is 287 cm³/mol. The van der Waals surface area contributed by atoms with Crippen LogP contribution in [0.15, 0.2) is 0 Å². The van der Waals surface area contributed by atoms with Crippen LogP contribution in [0.4, 0.5) is 0 Å². The summed E-state index contributed by atoms with van der Waals surface area (Å²) in [4.78, 5) is 37.5. The van der Waals surface area contributed by atoms with Crippen molar-refractivity contribution in [1.29, 1.82) is 0 Å². The molecule has 0 amide bonds. The minimum Gasteiger partial charge on any atom is -0.462 e. The molecule has 2 aliphatic heterocycles. The van der Waals surface area contributed by atoms with Crippen LogP contribution in [0.25, 0.3) is 0 Å². The lowest BCUT2D eigenvalue weighted by Gasteiger charge is -2.49. The molecule has 1 aliphatic carbocycles. The second-order valence-corrected chi connectivity index (χ2v) is 23.6. The fourth-order valence-corrected chi connectivity index (χ4v) is 11.2. The lowest BCUT2D eigenvalue weighted by atomic mass is 9.84. The second kappa shape index (κ2) is 39.9. The Morgan fingerprint density at radius 3 is 1.24 bits per heavy atom. The summed E-state index contributed by atoms with van der Waals surface area (Å²) in [6.45, 7) is 3.33. The van der Waals surface area contributed by atoms with Gasteiger partial charge in [0.1, 0.15) is 92.1 Å². The van der Waals surface area contributed by atoms with Crippen LogP contribution in [0.2, 0.25) is 0 Å². The largest absolute Gasteiger partial charge is 0.472 e. The molecule has 1 saturated carbocycles. The van der Waals surface area contributed by atoms with Gasteiger partial charge in [0, 0.05) is 12.8 Å².